The maximum atomic E-state index is 13.0. The van der Waals surface area contributed by atoms with E-state index in [0.29, 0.717) is 16.4 Å². The van der Waals surface area contributed by atoms with Crippen LogP contribution in [0.3, 0.4) is 0 Å². The van der Waals surface area contributed by atoms with Crippen molar-refractivity contribution in [3.05, 3.63) is 76.8 Å². The standard InChI is InChI=1S/C19H16ClFN4O2/c1-12-15(20)3-2-4-16(12)23-18(26)11-22-19(27)17-9-10-25(24-17)14-7-5-13(21)6-8-14/h2-10H,11H2,1H3,(H,22,27)(H,23,26). The topological polar surface area (TPSA) is 76.0 Å². The van der Waals surface area contributed by atoms with Crippen LogP contribution in [0.5, 0.6) is 0 Å². The van der Waals surface area contributed by atoms with Gasteiger partial charge in [0.2, 0.25) is 5.91 Å². The molecule has 2 N–H and O–H groups in total. The number of amides is 2. The van der Waals surface area contributed by atoms with Gasteiger partial charge in [-0.3, -0.25) is 9.59 Å². The molecule has 6 nitrogen and oxygen atoms in total. The van der Waals surface area contributed by atoms with Crippen molar-refractivity contribution in [2.24, 2.45) is 0 Å². The van der Waals surface area contributed by atoms with Crippen molar-refractivity contribution in [1.82, 2.24) is 15.1 Å². The lowest BCUT2D eigenvalue weighted by Crippen LogP contribution is -2.33. The molecule has 0 aliphatic rings. The van der Waals surface area contributed by atoms with Gasteiger partial charge in [0.05, 0.1) is 12.2 Å². The van der Waals surface area contributed by atoms with E-state index in [4.69, 9.17) is 11.6 Å². The summed E-state index contributed by atoms with van der Waals surface area (Å²) >= 11 is 6.01. The minimum absolute atomic E-state index is 0.145. The molecule has 27 heavy (non-hydrogen) atoms. The summed E-state index contributed by atoms with van der Waals surface area (Å²) in [5.41, 5.74) is 2.09. The fraction of sp³-hybridized carbons (Fsp3) is 0.105. The van der Waals surface area contributed by atoms with Crippen LogP contribution in [-0.4, -0.2) is 28.1 Å². The molecule has 1 aromatic heterocycles. The molecule has 0 atom stereocenters. The number of halogens is 2. The summed E-state index contributed by atoms with van der Waals surface area (Å²) in [4.78, 5) is 24.2. The second-order valence-electron chi connectivity index (χ2n) is 5.77. The monoisotopic (exact) mass is 386 g/mol. The van der Waals surface area contributed by atoms with E-state index in [1.165, 1.54) is 22.9 Å². The first-order chi connectivity index (χ1) is 12.9. The van der Waals surface area contributed by atoms with Gasteiger partial charge in [-0.05, 0) is 55.0 Å². The van der Waals surface area contributed by atoms with Gasteiger partial charge in [0.15, 0.2) is 5.69 Å². The molecule has 138 valence electrons. The normalized spacial score (nSPS) is 10.5. The van der Waals surface area contributed by atoms with Crippen LogP contribution in [-0.2, 0) is 4.79 Å². The minimum atomic E-state index is -0.492. The van der Waals surface area contributed by atoms with Gasteiger partial charge < -0.3 is 10.6 Å². The molecular weight excluding hydrogens is 371 g/mol. The molecule has 2 aromatic carbocycles. The molecule has 8 heteroatoms. The first-order valence-corrected chi connectivity index (χ1v) is 8.46. The van der Waals surface area contributed by atoms with Crippen molar-refractivity contribution in [2.45, 2.75) is 6.92 Å². The van der Waals surface area contributed by atoms with Crippen molar-refractivity contribution < 1.29 is 14.0 Å². The molecular formula is C19H16ClFN4O2. The number of hydrogen-bond acceptors (Lipinski definition) is 3. The Labute approximate surface area is 160 Å². The Bertz CT molecular complexity index is 986. The molecule has 0 fully saturated rings. The molecule has 0 saturated heterocycles. The second-order valence-corrected chi connectivity index (χ2v) is 6.17. The van der Waals surface area contributed by atoms with Gasteiger partial charge in [-0.15, -0.1) is 0 Å². The summed E-state index contributed by atoms with van der Waals surface area (Å²) in [6, 6.07) is 12.4. The lowest BCUT2D eigenvalue weighted by atomic mass is 10.2. The van der Waals surface area contributed by atoms with Crippen LogP contribution in [0.1, 0.15) is 16.1 Å². The highest BCUT2D eigenvalue weighted by Gasteiger charge is 2.13. The van der Waals surface area contributed by atoms with E-state index in [0.717, 1.165) is 5.56 Å². The highest BCUT2D eigenvalue weighted by atomic mass is 35.5. The first kappa shape index (κ1) is 18.6. The largest absolute Gasteiger partial charge is 0.342 e. The van der Waals surface area contributed by atoms with Gasteiger partial charge in [0.25, 0.3) is 5.91 Å². The average molecular weight is 387 g/mol. The molecule has 2 amide bonds. The zero-order chi connectivity index (χ0) is 19.4. The zero-order valence-electron chi connectivity index (χ0n) is 14.4. The van der Waals surface area contributed by atoms with Crippen molar-refractivity contribution >= 4 is 29.1 Å². The van der Waals surface area contributed by atoms with Crippen LogP contribution >= 0.6 is 11.6 Å². The summed E-state index contributed by atoms with van der Waals surface area (Å²) in [5.74, 6) is -1.23. The number of nitrogens with one attached hydrogen (secondary N) is 2. The van der Waals surface area contributed by atoms with Crippen molar-refractivity contribution in [1.29, 1.82) is 0 Å². The molecule has 0 aliphatic carbocycles. The molecule has 0 unspecified atom stereocenters. The van der Waals surface area contributed by atoms with Crippen LogP contribution in [0.4, 0.5) is 10.1 Å². The molecule has 3 aromatic rings. The number of carbonyl (C=O) groups excluding carboxylic acids is 2. The fourth-order valence-electron chi connectivity index (χ4n) is 2.37. The lowest BCUT2D eigenvalue weighted by Gasteiger charge is -2.09. The third kappa shape index (κ3) is 4.51. The van der Waals surface area contributed by atoms with E-state index in [2.05, 4.69) is 15.7 Å². The van der Waals surface area contributed by atoms with Crippen LogP contribution in [0.2, 0.25) is 5.02 Å². The summed E-state index contributed by atoms with van der Waals surface area (Å²) in [7, 11) is 0. The third-order valence-electron chi connectivity index (χ3n) is 3.86. The van der Waals surface area contributed by atoms with Gasteiger partial charge in [0, 0.05) is 16.9 Å². The number of nitrogens with zero attached hydrogens (tertiary/aromatic N) is 2. The van der Waals surface area contributed by atoms with Gasteiger partial charge in [-0.25, -0.2) is 9.07 Å². The van der Waals surface area contributed by atoms with E-state index >= 15 is 0 Å². The van der Waals surface area contributed by atoms with Crippen molar-refractivity contribution in [3.8, 4) is 5.69 Å². The van der Waals surface area contributed by atoms with Gasteiger partial charge in [0.1, 0.15) is 5.82 Å². The fourth-order valence-corrected chi connectivity index (χ4v) is 2.55. The number of hydrogen-bond donors (Lipinski definition) is 2. The summed E-state index contributed by atoms with van der Waals surface area (Å²) < 4.78 is 14.4. The Hall–Kier alpha value is -3.19. The lowest BCUT2D eigenvalue weighted by molar-refractivity contribution is -0.115. The predicted octanol–water partition coefficient (Wildman–Crippen LogP) is 3.34. The maximum Gasteiger partial charge on any atom is 0.272 e. The third-order valence-corrected chi connectivity index (χ3v) is 4.27. The molecule has 0 aliphatic heterocycles. The Balaban J connectivity index is 1.58. The number of benzene rings is 2. The summed E-state index contributed by atoms with van der Waals surface area (Å²) in [6.07, 6.45) is 1.58. The summed E-state index contributed by atoms with van der Waals surface area (Å²) in [5, 5.41) is 9.88. The predicted molar refractivity (Wildman–Crippen MR) is 101 cm³/mol. The highest BCUT2D eigenvalue weighted by molar-refractivity contribution is 6.31. The molecule has 0 radical (unpaired) electrons. The Morgan fingerprint density at radius 3 is 2.63 bits per heavy atom. The quantitative estimate of drug-likeness (QED) is 0.706. The van der Waals surface area contributed by atoms with E-state index in [1.807, 2.05) is 0 Å². The van der Waals surface area contributed by atoms with E-state index in [9.17, 15) is 14.0 Å². The van der Waals surface area contributed by atoms with Gasteiger partial charge in [-0.2, -0.15) is 5.10 Å². The number of carbonyl (C=O) groups is 2. The van der Waals surface area contributed by atoms with Crippen molar-refractivity contribution in [2.75, 3.05) is 11.9 Å². The Kier molecular flexibility index (Phi) is 5.52. The number of rotatable bonds is 5. The zero-order valence-corrected chi connectivity index (χ0v) is 15.1. The molecule has 0 saturated carbocycles. The van der Waals surface area contributed by atoms with Crippen LogP contribution in [0, 0.1) is 12.7 Å². The van der Waals surface area contributed by atoms with Crippen molar-refractivity contribution in [3.63, 3.8) is 0 Å². The molecule has 3 rings (SSSR count). The first-order valence-electron chi connectivity index (χ1n) is 8.09. The highest BCUT2D eigenvalue weighted by Crippen LogP contribution is 2.22. The SMILES string of the molecule is Cc1c(Cl)cccc1NC(=O)CNC(=O)c1ccn(-c2ccc(F)cc2)n1. The Morgan fingerprint density at radius 2 is 1.89 bits per heavy atom. The summed E-state index contributed by atoms with van der Waals surface area (Å²) in [6.45, 7) is 1.58. The number of anilines is 1. The van der Waals surface area contributed by atoms with Gasteiger partial charge >= 0.3 is 0 Å². The molecule has 0 spiro atoms. The number of aromatic nitrogens is 2. The van der Waals surface area contributed by atoms with Crippen LogP contribution < -0.4 is 10.6 Å². The van der Waals surface area contributed by atoms with E-state index in [-0.39, 0.29) is 24.0 Å². The average Bonchev–Trinajstić information content (AvgIpc) is 3.14. The van der Waals surface area contributed by atoms with Crippen LogP contribution in [0.15, 0.2) is 54.7 Å². The maximum absolute atomic E-state index is 13.0. The Morgan fingerprint density at radius 1 is 1.15 bits per heavy atom. The smallest absolute Gasteiger partial charge is 0.272 e. The second kappa shape index (κ2) is 8.01. The van der Waals surface area contributed by atoms with Gasteiger partial charge in [-0.1, -0.05) is 17.7 Å². The van der Waals surface area contributed by atoms with Crippen LogP contribution in [0.25, 0.3) is 5.69 Å². The minimum Gasteiger partial charge on any atom is -0.342 e. The van der Waals surface area contributed by atoms with E-state index < -0.39 is 5.91 Å². The molecule has 0 bridgehead atoms. The van der Waals surface area contributed by atoms with E-state index in [1.54, 1.807) is 43.5 Å². The molecule has 1 heterocycles.